The molecule has 9 heteroatoms. The Morgan fingerprint density at radius 3 is 2.62 bits per heavy atom. The molecule has 2 aliphatic heterocycles. The molecule has 1 saturated heterocycles. The fraction of sp³-hybridized carbons (Fsp3) is 0.261. The van der Waals surface area contributed by atoms with Gasteiger partial charge in [-0.25, -0.2) is 9.78 Å². The van der Waals surface area contributed by atoms with Gasteiger partial charge in [-0.3, -0.25) is 9.69 Å². The van der Waals surface area contributed by atoms with Crippen LogP contribution in [0.4, 0.5) is 4.79 Å². The van der Waals surface area contributed by atoms with Gasteiger partial charge in [-0.05, 0) is 48.9 Å². The minimum absolute atomic E-state index is 0.0947. The van der Waals surface area contributed by atoms with Crippen molar-refractivity contribution in [1.29, 1.82) is 0 Å². The maximum absolute atomic E-state index is 13.3. The number of imide groups is 1. The van der Waals surface area contributed by atoms with E-state index in [0.717, 1.165) is 16.3 Å². The van der Waals surface area contributed by atoms with Gasteiger partial charge in [-0.1, -0.05) is 6.07 Å². The number of benzene rings is 2. The molecule has 164 valence electrons. The van der Waals surface area contributed by atoms with E-state index < -0.39 is 11.6 Å². The average molecular weight is 452 g/mol. The summed E-state index contributed by atoms with van der Waals surface area (Å²) in [6.07, 6.45) is 0. The second-order valence-electron chi connectivity index (χ2n) is 7.68. The molecule has 2 aliphatic rings. The summed E-state index contributed by atoms with van der Waals surface area (Å²) >= 11 is 1.46. The van der Waals surface area contributed by atoms with Crippen molar-refractivity contribution in [3.05, 3.63) is 59.1 Å². The van der Waals surface area contributed by atoms with Crippen LogP contribution in [0.25, 0.3) is 10.6 Å². The molecule has 8 nitrogen and oxygen atoms in total. The van der Waals surface area contributed by atoms with Crippen molar-refractivity contribution < 1.29 is 23.8 Å². The van der Waals surface area contributed by atoms with Crippen molar-refractivity contribution in [2.24, 2.45) is 0 Å². The molecule has 1 N–H and O–H groups in total. The van der Waals surface area contributed by atoms with Gasteiger partial charge in [-0.15, -0.1) is 11.3 Å². The number of fused-ring (bicyclic) bond motifs is 1. The Labute approximate surface area is 188 Å². The summed E-state index contributed by atoms with van der Waals surface area (Å²) in [5.41, 5.74) is 1.04. The molecule has 1 fully saturated rings. The number of hydrogen-bond donors (Lipinski definition) is 1. The number of urea groups is 1. The summed E-state index contributed by atoms with van der Waals surface area (Å²) in [5, 5.41) is 5.50. The summed E-state index contributed by atoms with van der Waals surface area (Å²) in [4.78, 5) is 31.8. The number of thiazole rings is 1. The number of methoxy groups -OCH3 is 1. The number of carbonyl (C=O) groups excluding carboxylic acids is 2. The van der Waals surface area contributed by atoms with E-state index in [4.69, 9.17) is 14.2 Å². The van der Waals surface area contributed by atoms with Gasteiger partial charge in [0.15, 0.2) is 11.5 Å². The fourth-order valence-electron chi connectivity index (χ4n) is 3.80. The summed E-state index contributed by atoms with van der Waals surface area (Å²) in [5.74, 6) is 1.63. The lowest BCUT2D eigenvalue weighted by molar-refractivity contribution is -0.131. The van der Waals surface area contributed by atoms with Crippen molar-refractivity contribution in [3.8, 4) is 27.8 Å². The quantitative estimate of drug-likeness (QED) is 0.597. The lowest BCUT2D eigenvalue weighted by atomic mass is 9.91. The van der Waals surface area contributed by atoms with Crippen LogP contribution in [0, 0.1) is 0 Å². The largest absolute Gasteiger partial charge is 0.497 e. The van der Waals surface area contributed by atoms with Crippen LogP contribution in [-0.4, -0.2) is 42.1 Å². The number of nitrogens with zero attached hydrogens (tertiary/aromatic N) is 2. The smallest absolute Gasteiger partial charge is 0.325 e. The van der Waals surface area contributed by atoms with Gasteiger partial charge < -0.3 is 19.5 Å². The van der Waals surface area contributed by atoms with Crippen LogP contribution in [0.3, 0.4) is 0 Å². The highest BCUT2D eigenvalue weighted by Crippen LogP contribution is 2.37. The standard InChI is InChI=1S/C23H21N3O5S/c1-23(15-5-8-18-19(11-15)31-10-9-30-18)21(27)26(22(28)25-23)12-16-13-32-20(24-16)14-3-6-17(29-2)7-4-14/h3-8,11,13H,9-10,12H2,1-2H3,(H,25,28)/t23-/m0/s1. The van der Waals surface area contributed by atoms with E-state index in [9.17, 15) is 9.59 Å². The third-order valence-electron chi connectivity index (χ3n) is 5.60. The lowest BCUT2D eigenvalue weighted by Gasteiger charge is -2.25. The predicted octanol–water partition coefficient (Wildman–Crippen LogP) is 3.56. The Balaban J connectivity index is 1.36. The van der Waals surface area contributed by atoms with E-state index in [1.54, 1.807) is 32.2 Å². The first-order valence-electron chi connectivity index (χ1n) is 10.1. The molecule has 0 spiro atoms. The first-order valence-corrected chi connectivity index (χ1v) is 11.0. The summed E-state index contributed by atoms with van der Waals surface area (Å²) < 4.78 is 16.4. The molecule has 0 unspecified atom stereocenters. The highest BCUT2D eigenvalue weighted by molar-refractivity contribution is 7.13. The number of ether oxygens (including phenoxy) is 3. The molecule has 2 aromatic carbocycles. The molecule has 5 rings (SSSR count). The fourth-order valence-corrected chi connectivity index (χ4v) is 4.62. The zero-order valence-electron chi connectivity index (χ0n) is 17.6. The normalized spacial score (nSPS) is 19.8. The minimum Gasteiger partial charge on any atom is -0.497 e. The molecule has 0 radical (unpaired) electrons. The zero-order valence-corrected chi connectivity index (χ0v) is 18.4. The highest BCUT2D eigenvalue weighted by atomic mass is 32.1. The van der Waals surface area contributed by atoms with E-state index in [-0.39, 0.29) is 12.5 Å². The van der Waals surface area contributed by atoms with E-state index in [2.05, 4.69) is 10.3 Å². The summed E-state index contributed by atoms with van der Waals surface area (Å²) in [6.45, 7) is 2.72. The predicted molar refractivity (Wildman–Crippen MR) is 118 cm³/mol. The van der Waals surface area contributed by atoms with Gasteiger partial charge in [0.1, 0.15) is 29.5 Å². The third kappa shape index (κ3) is 3.44. The van der Waals surface area contributed by atoms with Crippen molar-refractivity contribution in [1.82, 2.24) is 15.2 Å². The third-order valence-corrected chi connectivity index (χ3v) is 6.54. The number of rotatable bonds is 5. The van der Waals surface area contributed by atoms with E-state index in [1.807, 2.05) is 29.6 Å². The first-order chi connectivity index (χ1) is 15.5. The Morgan fingerprint density at radius 2 is 1.88 bits per heavy atom. The molecule has 0 bridgehead atoms. The average Bonchev–Trinajstić information content (AvgIpc) is 3.38. The number of carbonyl (C=O) groups is 2. The van der Waals surface area contributed by atoms with Gasteiger partial charge in [0.2, 0.25) is 0 Å². The van der Waals surface area contributed by atoms with Gasteiger partial charge in [-0.2, -0.15) is 0 Å². The van der Waals surface area contributed by atoms with Crippen LogP contribution in [0.2, 0.25) is 0 Å². The Bertz CT molecular complexity index is 1190. The molecule has 1 atom stereocenters. The molecule has 3 amide bonds. The summed E-state index contributed by atoms with van der Waals surface area (Å²) in [7, 11) is 1.62. The topological polar surface area (TPSA) is 90.0 Å². The molecule has 1 aromatic heterocycles. The van der Waals surface area contributed by atoms with Crippen LogP contribution in [0.1, 0.15) is 18.2 Å². The van der Waals surface area contributed by atoms with Gasteiger partial charge in [0, 0.05) is 10.9 Å². The van der Waals surface area contributed by atoms with Gasteiger partial charge >= 0.3 is 6.03 Å². The highest BCUT2D eigenvalue weighted by Gasteiger charge is 2.49. The van der Waals surface area contributed by atoms with Crippen LogP contribution in [0.15, 0.2) is 47.8 Å². The van der Waals surface area contributed by atoms with Gasteiger partial charge in [0.05, 0.1) is 19.3 Å². The summed E-state index contributed by atoms with van der Waals surface area (Å²) in [6, 6.07) is 12.4. The minimum atomic E-state index is -1.19. The van der Waals surface area contributed by atoms with Crippen molar-refractivity contribution in [3.63, 3.8) is 0 Å². The van der Waals surface area contributed by atoms with Crippen molar-refractivity contribution in [2.75, 3.05) is 20.3 Å². The lowest BCUT2D eigenvalue weighted by Crippen LogP contribution is -2.41. The van der Waals surface area contributed by atoms with E-state index >= 15 is 0 Å². The first kappa shape index (κ1) is 20.3. The van der Waals surface area contributed by atoms with Crippen LogP contribution < -0.4 is 19.5 Å². The van der Waals surface area contributed by atoms with E-state index in [0.29, 0.717) is 36.0 Å². The van der Waals surface area contributed by atoms with Gasteiger partial charge in [0.25, 0.3) is 5.91 Å². The van der Waals surface area contributed by atoms with Crippen molar-refractivity contribution >= 4 is 23.3 Å². The van der Waals surface area contributed by atoms with Crippen LogP contribution in [-0.2, 0) is 16.9 Å². The maximum Gasteiger partial charge on any atom is 0.325 e. The van der Waals surface area contributed by atoms with Crippen LogP contribution >= 0.6 is 11.3 Å². The number of aromatic nitrogens is 1. The Hall–Kier alpha value is -3.59. The monoisotopic (exact) mass is 451 g/mol. The molecular formula is C23H21N3O5S. The second-order valence-corrected chi connectivity index (χ2v) is 8.54. The molecule has 32 heavy (non-hydrogen) atoms. The second kappa shape index (κ2) is 7.83. The Kier molecular flexibility index (Phi) is 4.97. The zero-order chi connectivity index (χ0) is 22.3. The Morgan fingerprint density at radius 1 is 1.12 bits per heavy atom. The molecule has 0 aliphatic carbocycles. The molecule has 0 saturated carbocycles. The molecular weight excluding hydrogens is 430 g/mol. The van der Waals surface area contributed by atoms with Crippen molar-refractivity contribution in [2.45, 2.75) is 19.0 Å². The number of nitrogens with one attached hydrogen (secondary N) is 1. The SMILES string of the molecule is COc1ccc(-c2nc(CN3C(=O)N[C@@](C)(c4ccc5c(c4)OCCO5)C3=O)cs2)cc1. The molecule has 3 heterocycles. The number of amides is 3. The maximum atomic E-state index is 13.3. The molecule has 3 aromatic rings. The van der Waals surface area contributed by atoms with Crippen LogP contribution in [0.5, 0.6) is 17.2 Å². The van der Waals surface area contributed by atoms with E-state index in [1.165, 1.54) is 16.2 Å². The number of hydrogen-bond acceptors (Lipinski definition) is 7.